The molecule has 1 aromatic rings. The highest BCUT2D eigenvalue weighted by Crippen LogP contribution is 2.32. The third-order valence-corrected chi connectivity index (χ3v) is 7.21. The first-order valence-corrected chi connectivity index (χ1v) is 10.0. The van der Waals surface area contributed by atoms with Crippen LogP contribution in [0, 0.1) is 5.92 Å². The maximum Gasteiger partial charge on any atom is 0.243 e. The van der Waals surface area contributed by atoms with E-state index in [-0.39, 0.29) is 12.3 Å². The molecule has 1 amide bonds. The van der Waals surface area contributed by atoms with E-state index >= 15 is 0 Å². The number of hydrogen-bond acceptors (Lipinski definition) is 4. The van der Waals surface area contributed by atoms with Gasteiger partial charge in [0.15, 0.2) is 0 Å². The summed E-state index contributed by atoms with van der Waals surface area (Å²) < 4.78 is 27.4. The van der Waals surface area contributed by atoms with Crippen LogP contribution in [-0.4, -0.2) is 63.3 Å². The number of benzene rings is 1. The zero-order chi connectivity index (χ0) is 16.9. The lowest BCUT2D eigenvalue weighted by Crippen LogP contribution is -2.49. The molecule has 24 heavy (non-hydrogen) atoms. The van der Waals surface area contributed by atoms with Crippen molar-refractivity contribution in [2.45, 2.75) is 24.2 Å². The first kappa shape index (κ1) is 16.1. The van der Waals surface area contributed by atoms with Crippen LogP contribution in [-0.2, 0) is 21.2 Å². The number of piperazine rings is 1. The number of anilines is 1. The maximum absolute atomic E-state index is 12.9. The largest absolute Gasteiger partial charge is 0.315 e. The molecular weight excluding hydrogens is 326 g/mol. The molecule has 0 aromatic heterocycles. The van der Waals surface area contributed by atoms with E-state index in [9.17, 15) is 13.2 Å². The van der Waals surface area contributed by atoms with Crippen molar-refractivity contribution in [1.82, 2.24) is 9.21 Å². The summed E-state index contributed by atoms with van der Waals surface area (Å²) in [6.07, 6.45) is 2.92. The molecule has 1 saturated heterocycles. The van der Waals surface area contributed by atoms with Gasteiger partial charge in [-0.3, -0.25) is 4.79 Å². The van der Waals surface area contributed by atoms with Crippen LogP contribution in [0.25, 0.3) is 0 Å². The molecule has 7 heteroatoms. The van der Waals surface area contributed by atoms with Crippen LogP contribution in [0.1, 0.15) is 18.4 Å². The fraction of sp³-hybridized carbons (Fsp3) is 0.588. The topological polar surface area (TPSA) is 60.9 Å². The molecule has 6 nitrogen and oxygen atoms in total. The number of likely N-dealkylation sites (N-methyl/N-ethyl adjacent to an activating group) is 1. The molecule has 0 radical (unpaired) electrons. The van der Waals surface area contributed by atoms with Crippen LogP contribution in [0.3, 0.4) is 0 Å². The number of carbonyl (C=O) groups excluding carboxylic acids is 1. The first-order chi connectivity index (χ1) is 11.4. The van der Waals surface area contributed by atoms with Crippen molar-refractivity contribution in [3.8, 4) is 0 Å². The molecule has 1 saturated carbocycles. The van der Waals surface area contributed by atoms with E-state index in [4.69, 9.17) is 0 Å². The number of carbonyl (C=O) groups is 1. The van der Waals surface area contributed by atoms with Gasteiger partial charge in [0.05, 0.1) is 11.3 Å². The fourth-order valence-corrected chi connectivity index (χ4v) is 5.05. The van der Waals surface area contributed by atoms with E-state index in [0.717, 1.165) is 36.8 Å². The first-order valence-electron chi connectivity index (χ1n) is 8.57. The zero-order valence-electron chi connectivity index (χ0n) is 13.9. The highest BCUT2D eigenvalue weighted by atomic mass is 32.2. The Morgan fingerprint density at radius 1 is 1.12 bits per heavy atom. The smallest absolute Gasteiger partial charge is 0.243 e. The Morgan fingerprint density at radius 2 is 1.83 bits per heavy atom. The van der Waals surface area contributed by atoms with Crippen molar-refractivity contribution in [1.29, 1.82) is 0 Å². The van der Waals surface area contributed by atoms with Gasteiger partial charge >= 0.3 is 0 Å². The average Bonchev–Trinajstić information content (AvgIpc) is 3.33. The van der Waals surface area contributed by atoms with Crippen LogP contribution >= 0.6 is 0 Å². The summed E-state index contributed by atoms with van der Waals surface area (Å²) in [7, 11) is -1.75. The van der Waals surface area contributed by atoms with Gasteiger partial charge in [-0.15, -0.1) is 0 Å². The summed E-state index contributed by atoms with van der Waals surface area (Å²) in [5, 5.41) is 0. The normalized spacial score (nSPS) is 22.9. The number of sulfonamides is 1. The van der Waals surface area contributed by atoms with Gasteiger partial charge < -0.3 is 9.80 Å². The molecule has 2 heterocycles. The molecule has 0 spiro atoms. The Morgan fingerprint density at radius 3 is 2.50 bits per heavy atom. The van der Waals surface area contributed by atoms with E-state index in [2.05, 4.69) is 4.90 Å². The van der Waals surface area contributed by atoms with Crippen LogP contribution in [0.2, 0.25) is 0 Å². The summed E-state index contributed by atoms with van der Waals surface area (Å²) in [6.45, 7) is 3.82. The van der Waals surface area contributed by atoms with E-state index in [1.165, 1.54) is 12.8 Å². The molecule has 0 N–H and O–H groups in total. The van der Waals surface area contributed by atoms with Gasteiger partial charge in [-0.2, -0.15) is 4.31 Å². The molecule has 0 unspecified atom stereocenters. The molecule has 3 aliphatic rings. The quantitative estimate of drug-likeness (QED) is 0.811. The Bertz CT molecular complexity index is 765. The highest BCUT2D eigenvalue weighted by molar-refractivity contribution is 7.89. The molecule has 130 valence electrons. The lowest BCUT2D eigenvalue weighted by atomic mass is 10.2. The molecule has 2 aliphatic heterocycles. The fourth-order valence-electron chi connectivity index (χ4n) is 3.57. The average molecular weight is 349 g/mol. The minimum atomic E-state index is -3.48. The molecule has 1 aliphatic carbocycles. The van der Waals surface area contributed by atoms with Gasteiger partial charge in [0.25, 0.3) is 0 Å². The van der Waals surface area contributed by atoms with Crippen molar-refractivity contribution in [3.63, 3.8) is 0 Å². The Kier molecular flexibility index (Phi) is 3.89. The minimum Gasteiger partial charge on any atom is -0.315 e. The third-order valence-electron chi connectivity index (χ3n) is 5.31. The van der Waals surface area contributed by atoms with Gasteiger partial charge in [-0.1, -0.05) is 0 Å². The van der Waals surface area contributed by atoms with E-state index in [1.807, 2.05) is 0 Å². The molecule has 0 atom stereocenters. The van der Waals surface area contributed by atoms with Gasteiger partial charge in [-0.05, 0) is 42.5 Å². The summed E-state index contributed by atoms with van der Waals surface area (Å²) in [5.41, 5.74) is 1.61. The van der Waals surface area contributed by atoms with E-state index in [1.54, 1.807) is 34.5 Å². The summed E-state index contributed by atoms with van der Waals surface area (Å²) in [4.78, 5) is 16.0. The van der Waals surface area contributed by atoms with Crippen molar-refractivity contribution in [2.24, 2.45) is 5.92 Å². The predicted octanol–water partition coefficient (Wildman–Crippen LogP) is 0.922. The van der Waals surface area contributed by atoms with Crippen LogP contribution in [0.4, 0.5) is 5.69 Å². The number of rotatable bonds is 4. The Hall–Kier alpha value is -1.44. The van der Waals surface area contributed by atoms with Crippen LogP contribution < -0.4 is 4.90 Å². The Balaban J connectivity index is 1.49. The standard InChI is InChI=1S/C17H23N3O3S/c1-18-16-5-4-15(10-14(16)11-17(18)21)24(22,23)20-8-6-19(7-9-20)12-13-2-3-13/h4-5,10,13H,2-3,6-9,11-12H2,1H3. The third kappa shape index (κ3) is 2.85. The monoisotopic (exact) mass is 349 g/mol. The van der Waals surface area contributed by atoms with Gasteiger partial charge in [0.1, 0.15) is 0 Å². The highest BCUT2D eigenvalue weighted by Gasteiger charge is 2.32. The summed E-state index contributed by atoms with van der Waals surface area (Å²) in [6, 6.07) is 5.04. The summed E-state index contributed by atoms with van der Waals surface area (Å²) in [5.74, 6) is 0.840. The number of hydrogen-bond donors (Lipinski definition) is 0. The van der Waals surface area contributed by atoms with Crippen molar-refractivity contribution in [2.75, 3.05) is 44.7 Å². The van der Waals surface area contributed by atoms with Crippen LogP contribution in [0.5, 0.6) is 0 Å². The summed E-state index contributed by atoms with van der Waals surface area (Å²) >= 11 is 0. The lowest BCUT2D eigenvalue weighted by Gasteiger charge is -2.34. The lowest BCUT2D eigenvalue weighted by molar-refractivity contribution is -0.117. The van der Waals surface area contributed by atoms with Crippen molar-refractivity contribution >= 4 is 21.6 Å². The SMILES string of the molecule is CN1C(=O)Cc2cc(S(=O)(=O)N3CCN(CC4CC4)CC3)ccc21. The minimum absolute atomic E-state index is 0.00763. The second-order valence-electron chi connectivity index (χ2n) is 7.07. The Labute approximate surface area is 143 Å². The molecule has 0 bridgehead atoms. The zero-order valence-corrected chi connectivity index (χ0v) is 14.8. The molecule has 1 aromatic carbocycles. The van der Waals surface area contributed by atoms with Gasteiger partial charge in [-0.25, -0.2) is 8.42 Å². The van der Waals surface area contributed by atoms with Crippen molar-refractivity contribution < 1.29 is 13.2 Å². The van der Waals surface area contributed by atoms with Gasteiger partial charge in [0, 0.05) is 45.5 Å². The number of amides is 1. The molecular formula is C17H23N3O3S. The van der Waals surface area contributed by atoms with Crippen LogP contribution in [0.15, 0.2) is 23.1 Å². The van der Waals surface area contributed by atoms with Gasteiger partial charge in [0.2, 0.25) is 15.9 Å². The van der Waals surface area contributed by atoms with Crippen molar-refractivity contribution in [3.05, 3.63) is 23.8 Å². The molecule has 4 rings (SSSR count). The predicted molar refractivity (Wildman–Crippen MR) is 91.5 cm³/mol. The maximum atomic E-state index is 12.9. The second-order valence-corrected chi connectivity index (χ2v) is 9.01. The number of fused-ring (bicyclic) bond motifs is 1. The number of nitrogens with zero attached hydrogens (tertiary/aromatic N) is 3. The van der Waals surface area contributed by atoms with E-state index in [0.29, 0.717) is 18.0 Å². The second kappa shape index (κ2) is 5.82. The molecule has 2 fully saturated rings. The van der Waals surface area contributed by atoms with E-state index < -0.39 is 10.0 Å².